The summed E-state index contributed by atoms with van der Waals surface area (Å²) in [7, 11) is -4.05. The molecule has 1 N–H and O–H groups in total. The van der Waals surface area contributed by atoms with E-state index in [4.69, 9.17) is 11.6 Å². The highest BCUT2D eigenvalue weighted by atomic mass is 35.5. The van der Waals surface area contributed by atoms with E-state index in [2.05, 4.69) is 5.32 Å². The van der Waals surface area contributed by atoms with Crippen LogP contribution in [0.4, 0.5) is 5.69 Å². The number of nitrogens with zero attached hydrogens (tertiary/aromatic N) is 1. The number of hydrogen-bond donors (Lipinski definition) is 1. The summed E-state index contributed by atoms with van der Waals surface area (Å²) in [5.41, 5.74) is 3.90. The van der Waals surface area contributed by atoms with Crippen LogP contribution in [0.25, 0.3) is 0 Å². The first-order valence-electron chi connectivity index (χ1n) is 11.5. The zero-order valence-electron chi connectivity index (χ0n) is 20.1. The maximum atomic E-state index is 13.7. The number of sulfonamides is 1. The lowest BCUT2D eigenvalue weighted by molar-refractivity contribution is -0.120. The molecular weight excluding hydrogens is 492 g/mol. The van der Waals surface area contributed by atoms with Crippen LogP contribution in [0.3, 0.4) is 0 Å². The van der Waals surface area contributed by atoms with E-state index in [-0.39, 0.29) is 4.90 Å². The molecule has 36 heavy (non-hydrogen) atoms. The van der Waals surface area contributed by atoms with Gasteiger partial charge in [0.2, 0.25) is 5.91 Å². The van der Waals surface area contributed by atoms with Crippen LogP contribution in [0.15, 0.2) is 108 Å². The standard InChI is InChI=1S/C29H27ClN2O3S/c1-21-11-9-10-16-26(21)29(23-12-5-3-6-13-23)31-28(33)20-32(27-19-24(30)18-17-22(27)2)36(34,35)25-14-7-4-8-15-25/h3-19,29H,20H2,1-2H3,(H,31,33)/t29-/m0/s1. The molecule has 0 saturated carbocycles. The summed E-state index contributed by atoms with van der Waals surface area (Å²) in [6.45, 7) is 3.36. The van der Waals surface area contributed by atoms with Crippen LogP contribution in [0.2, 0.25) is 5.02 Å². The van der Waals surface area contributed by atoms with Crippen molar-refractivity contribution in [2.75, 3.05) is 10.8 Å². The van der Waals surface area contributed by atoms with Gasteiger partial charge < -0.3 is 5.32 Å². The Bertz CT molecular complexity index is 1460. The Balaban J connectivity index is 1.73. The molecule has 7 heteroatoms. The van der Waals surface area contributed by atoms with Crippen molar-refractivity contribution in [3.63, 3.8) is 0 Å². The minimum atomic E-state index is -4.05. The highest BCUT2D eigenvalue weighted by Gasteiger charge is 2.29. The van der Waals surface area contributed by atoms with Crippen molar-refractivity contribution in [1.29, 1.82) is 0 Å². The molecule has 0 unspecified atom stereocenters. The highest BCUT2D eigenvalue weighted by Crippen LogP contribution is 2.30. The number of benzene rings is 4. The van der Waals surface area contributed by atoms with Gasteiger partial charge in [-0.05, 0) is 60.4 Å². The van der Waals surface area contributed by atoms with Crippen LogP contribution in [-0.2, 0) is 14.8 Å². The highest BCUT2D eigenvalue weighted by molar-refractivity contribution is 7.92. The fourth-order valence-corrected chi connectivity index (χ4v) is 5.77. The van der Waals surface area contributed by atoms with Gasteiger partial charge in [0.15, 0.2) is 0 Å². The molecule has 0 aliphatic heterocycles. The number of hydrogen-bond acceptors (Lipinski definition) is 3. The van der Waals surface area contributed by atoms with Gasteiger partial charge in [-0.25, -0.2) is 8.42 Å². The zero-order valence-corrected chi connectivity index (χ0v) is 21.6. The van der Waals surface area contributed by atoms with Crippen molar-refractivity contribution in [1.82, 2.24) is 5.32 Å². The second-order valence-electron chi connectivity index (χ2n) is 8.52. The number of carbonyl (C=O) groups is 1. The number of anilines is 1. The van der Waals surface area contributed by atoms with Gasteiger partial charge in [-0.1, -0.05) is 90.5 Å². The van der Waals surface area contributed by atoms with Gasteiger partial charge in [-0.2, -0.15) is 0 Å². The van der Waals surface area contributed by atoms with Gasteiger partial charge in [0.1, 0.15) is 6.54 Å². The molecule has 4 rings (SSSR count). The Kier molecular flexibility index (Phi) is 7.77. The first-order chi connectivity index (χ1) is 17.3. The predicted molar refractivity (Wildman–Crippen MR) is 145 cm³/mol. The van der Waals surface area contributed by atoms with E-state index in [1.165, 1.54) is 12.1 Å². The van der Waals surface area contributed by atoms with Gasteiger partial charge >= 0.3 is 0 Å². The van der Waals surface area contributed by atoms with Crippen LogP contribution >= 0.6 is 11.6 Å². The minimum Gasteiger partial charge on any atom is -0.344 e. The fourth-order valence-electron chi connectivity index (χ4n) is 4.10. The lowest BCUT2D eigenvalue weighted by atomic mass is 9.95. The molecule has 1 amide bonds. The number of nitrogens with one attached hydrogen (secondary N) is 1. The van der Waals surface area contributed by atoms with E-state index in [0.717, 1.165) is 21.0 Å². The van der Waals surface area contributed by atoms with Crippen molar-refractivity contribution in [2.24, 2.45) is 0 Å². The number of halogens is 1. The Morgan fingerprint density at radius 1 is 0.833 bits per heavy atom. The number of aryl methyl sites for hydroxylation is 2. The molecule has 4 aromatic rings. The maximum absolute atomic E-state index is 13.7. The Morgan fingerprint density at radius 2 is 1.44 bits per heavy atom. The van der Waals surface area contributed by atoms with E-state index in [9.17, 15) is 13.2 Å². The molecule has 184 valence electrons. The summed E-state index contributed by atoms with van der Waals surface area (Å²) in [6, 6.07) is 30.1. The molecule has 5 nitrogen and oxygen atoms in total. The van der Waals surface area contributed by atoms with Gasteiger partial charge in [0.25, 0.3) is 10.0 Å². The molecule has 0 fully saturated rings. The molecule has 0 aliphatic rings. The van der Waals surface area contributed by atoms with Crippen LogP contribution in [0.5, 0.6) is 0 Å². The van der Waals surface area contributed by atoms with Crippen molar-refractivity contribution < 1.29 is 13.2 Å². The van der Waals surface area contributed by atoms with Gasteiger partial charge in [-0.15, -0.1) is 0 Å². The first kappa shape index (κ1) is 25.5. The zero-order chi connectivity index (χ0) is 25.7. The molecule has 4 aromatic carbocycles. The van der Waals surface area contributed by atoms with Crippen molar-refractivity contribution in [3.8, 4) is 0 Å². The first-order valence-corrected chi connectivity index (χ1v) is 13.3. The normalized spacial score (nSPS) is 12.1. The van der Waals surface area contributed by atoms with Crippen LogP contribution < -0.4 is 9.62 Å². The van der Waals surface area contributed by atoms with Crippen LogP contribution in [-0.4, -0.2) is 20.9 Å². The lowest BCUT2D eigenvalue weighted by Crippen LogP contribution is -2.42. The summed E-state index contributed by atoms with van der Waals surface area (Å²) in [5.74, 6) is -0.439. The monoisotopic (exact) mass is 518 g/mol. The summed E-state index contributed by atoms with van der Waals surface area (Å²) in [6.07, 6.45) is 0. The van der Waals surface area contributed by atoms with Crippen molar-refractivity contribution in [3.05, 3.63) is 130 Å². The third kappa shape index (κ3) is 5.61. The fraction of sp³-hybridized carbons (Fsp3) is 0.138. The number of rotatable bonds is 8. The summed E-state index contributed by atoms with van der Waals surface area (Å²) >= 11 is 6.23. The Hall–Kier alpha value is -3.61. The van der Waals surface area contributed by atoms with Crippen molar-refractivity contribution in [2.45, 2.75) is 24.8 Å². The van der Waals surface area contributed by atoms with E-state index in [1.807, 2.05) is 61.5 Å². The number of carbonyl (C=O) groups excluding carboxylic acids is 1. The molecule has 0 saturated heterocycles. The molecule has 0 bridgehead atoms. The molecule has 0 aromatic heterocycles. The van der Waals surface area contributed by atoms with Crippen molar-refractivity contribution >= 4 is 33.2 Å². The molecule has 0 aliphatic carbocycles. The van der Waals surface area contributed by atoms with E-state index in [0.29, 0.717) is 16.3 Å². The number of amides is 1. The van der Waals surface area contributed by atoms with Gasteiger partial charge in [-0.3, -0.25) is 9.10 Å². The van der Waals surface area contributed by atoms with Crippen LogP contribution in [0.1, 0.15) is 28.3 Å². The quantitative estimate of drug-likeness (QED) is 0.308. The van der Waals surface area contributed by atoms with E-state index >= 15 is 0 Å². The molecule has 0 radical (unpaired) electrons. The SMILES string of the molecule is Cc1ccccc1[C@@H](NC(=O)CN(c1cc(Cl)ccc1C)S(=O)(=O)c1ccccc1)c1ccccc1. The largest absolute Gasteiger partial charge is 0.344 e. The molecule has 0 spiro atoms. The average Bonchev–Trinajstić information content (AvgIpc) is 2.89. The van der Waals surface area contributed by atoms with Crippen LogP contribution in [0, 0.1) is 13.8 Å². The third-order valence-electron chi connectivity index (χ3n) is 6.00. The summed E-state index contributed by atoms with van der Waals surface area (Å²) in [5, 5.41) is 3.45. The van der Waals surface area contributed by atoms with Gasteiger partial charge in [0.05, 0.1) is 16.6 Å². The molecule has 1 atom stereocenters. The second-order valence-corrected chi connectivity index (χ2v) is 10.8. The summed E-state index contributed by atoms with van der Waals surface area (Å²) in [4.78, 5) is 13.6. The average molecular weight is 519 g/mol. The minimum absolute atomic E-state index is 0.0932. The third-order valence-corrected chi connectivity index (χ3v) is 8.01. The predicted octanol–water partition coefficient (Wildman–Crippen LogP) is 6.06. The lowest BCUT2D eigenvalue weighted by Gasteiger charge is -2.28. The Morgan fingerprint density at radius 3 is 2.11 bits per heavy atom. The smallest absolute Gasteiger partial charge is 0.264 e. The Labute approximate surface area is 217 Å². The molecular formula is C29H27ClN2O3S. The van der Waals surface area contributed by atoms with E-state index < -0.39 is 28.5 Å². The van der Waals surface area contributed by atoms with Gasteiger partial charge in [0, 0.05) is 5.02 Å². The maximum Gasteiger partial charge on any atom is 0.264 e. The second kappa shape index (κ2) is 11.0. The molecule has 0 heterocycles. The van der Waals surface area contributed by atoms with E-state index in [1.54, 1.807) is 43.3 Å². The topological polar surface area (TPSA) is 66.5 Å². The summed E-state index contributed by atoms with van der Waals surface area (Å²) < 4.78 is 28.6.